The number of benzene rings is 1. The summed E-state index contributed by atoms with van der Waals surface area (Å²) in [5.41, 5.74) is 1.31. The monoisotopic (exact) mass is 316 g/mol. The van der Waals surface area contributed by atoms with Crippen LogP contribution in [0.4, 0.5) is 4.79 Å². The first-order valence-corrected chi connectivity index (χ1v) is 7.54. The molecular formula is C17H24N4O2. The Morgan fingerprint density at radius 1 is 1.35 bits per heavy atom. The highest BCUT2D eigenvalue weighted by Gasteiger charge is 2.26. The molecule has 23 heavy (non-hydrogen) atoms. The van der Waals surface area contributed by atoms with Gasteiger partial charge in [-0.3, -0.25) is 4.68 Å². The summed E-state index contributed by atoms with van der Waals surface area (Å²) >= 11 is 0. The molecule has 1 atom stereocenters. The quantitative estimate of drug-likeness (QED) is 0.891. The van der Waals surface area contributed by atoms with Crippen molar-refractivity contribution >= 4 is 6.03 Å². The van der Waals surface area contributed by atoms with E-state index < -0.39 is 5.54 Å². The molecular weight excluding hydrogens is 292 g/mol. The van der Waals surface area contributed by atoms with Crippen molar-refractivity contribution in [2.75, 3.05) is 7.11 Å². The number of hydrogen-bond acceptors (Lipinski definition) is 3. The number of carbonyl (C=O) groups excluding carboxylic acids is 1. The van der Waals surface area contributed by atoms with Gasteiger partial charge < -0.3 is 15.4 Å². The molecule has 1 heterocycles. The van der Waals surface area contributed by atoms with Gasteiger partial charge in [0.2, 0.25) is 0 Å². The van der Waals surface area contributed by atoms with E-state index in [2.05, 4.69) is 15.7 Å². The second-order valence-electron chi connectivity index (χ2n) is 6.09. The lowest BCUT2D eigenvalue weighted by molar-refractivity contribution is 0.226. The average molecular weight is 316 g/mol. The van der Waals surface area contributed by atoms with Crippen LogP contribution in [-0.4, -0.2) is 22.9 Å². The van der Waals surface area contributed by atoms with Gasteiger partial charge in [-0.1, -0.05) is 18.2 Å². The second kappa shape index (κ2) is 6.73. The van der Waals surface area contributed by atoms with Crippen molar-refractivity contribution in [1.82, 2.24) is 20.4 Å². The molecule has 6 heteroatoms. The Kier molecular flexibility index (Phi) is 4.93. The summed E-state index contributed by atoms with van der Waals surface area (Å²) < 4.78 is 7.10. The molecule has 0 aliphatic rings. The molecule has 0 radical (unpaired) electrons. The van der Waals surface area contributed by atoms with Crippen molar-refractivity contribution in [2.45, 2.75) is 32.4 Å². The van der Waals surface area contributed by atoms with Gasteiger partial charge >= 0.3 is 6.03 Å². The number of carbonyl (C=O) groups is 1. The number of amides is 2. The highest BCUT2D eigenvalue weighted by molar-refractivity contribution is 5.75. The third kappa shape index (κ3) is 4.03. The van der Waals surface area contributed by atoms with Crippen LogP contribution in [0.1, 0.15) is 37.9 Å². The molecule has 0 spiro atoms. The number of aryl methyl sites for hydroxylation is 1. The van der Waals surface area contributed by atoms with Gasteiger partial charge in [-0.05, 0) is 26.8 Å². The van der Waals surface area contributed by atoms with Gasteiger partial charge in [-0.25, -0.2) is 4.79 Å². The summed E-state index contributed by atoms with van der Waals surface area (Å²) in [6, 6.07) is 7.30. The number of para-hydroxylation sites is 1. The average Bonchev–Trinajstić information content (AvgIpc) is 2.93. The number of hydrogen-bond donors (Lipinski definition) is 2. The number of aromatic nitrogens is 2. The molecule has 1 aromatic heterocycles. The number of methoxy groups -OCH3 is 1. The van der Waals surface area contributed by atoms with Crippen molar-refractivity contribution in [2.24, 2.45) is 7.05 Å². The summed E-state index contributed by atoms with van der Waals surface area (Å²) in [6.45, 7) is 5.81. The van der Waals surface area contributed by atoms with Crippen LogP contribution in [0.2, 0.25) is 0 Å². The Bertz CT molecular complexity index is 679. The topological polar surface area (TPSA) is 68.2 Å². The predicted molar refractivity (Wildman–Crippen MR) is 89.3 cm³/mol. The minimum absolute atomic E-state index is 0.128. The van der Waals surface area contributed by atoms with Crippen LogP contribution in [0.15, 0.2) is 36.7 Å². The lowest BCUT2D eigenvalue weighted by Gasteiger charge is -2.29. The van der Waals surface area contributed by atoms with Gasteiger partial charge in [-0.15, -0.1) is 0 Å². The van der Waals surface area contributed by atoms with Crippen molar-refractivity contribution in [1.29, 1.82) is 0 Å². The van der Waals surface area contributed by atoms with Crippen LogP contribution in [0, 0.1) is 0 Å². The molecule has 1 unspecified atom stereocenters. The molecule has 0 saturated heterocycles. The lowest BCUT2D eigenvalue weighted by atomic mass is 9.93. The molecule has 2 rings (SSSR count). The maximum Gasteiger partial charge on any atom is 0.315 e. The fourth-order valence-electron chi connectivity index (χ4n) is 2.49. The standard InChI is InChI=1S/C17H24N4O2/c1-12(13-10-18-21(4)11-13)19-16(22)20-17(2,3)14-8-6-7-9-15(14)23-5/h6-12H,1-5H3,(H2,19,20,22). The first-order chi connectivity index (χ1) is 10.8. The zero-order valence-corrected chi connectivity index (χ0v) is 14.3. The fourth-order valence-corrected chi connectivity index (χ4v) is 2.49. The minimum Gasteiger partial charge on any atom is -0.496 e. The highest BCUT2D eigenvalue weighted by atomic mass is 16.5. The van der Waals surface area contributed by atoms with E-state index in [-0.39, 0.29) is 12.1 Å². The fraction of sp³-hybridized carbons (Fsp3) is 0.412. The van der Waals surface area contributed by atoms with E-state index in [9.17, 15) is 4.79 Å². The third-order valence-corrected chi connectivity index (χ3v) is 3.78. The number of urea groups is 1. The molecule has 0 aliphatic heterocycles. The zero-order chi connectivity index (χ0) is 17.0. The third-order valence-electron chi connectivity index (χ3n) is 3.78. The summed E-state index contributed by atoms with van der Waals surface area (Å²) in [6.07, 6.45) is 3.63. The van der Waals surface area contributed by atoms with Crippen LogP contribution < -0.4 is 15.4 Å². The van der Waals surface area contributed by atoms with Gasteiger partial charge in [-0.2, -0.15) is 5.10 Å². The van der Waals surface area contributed by atoms with E-state index in [1.807, 2.05) is 58.3 Å². The first-order valence-electron chi connectivity index (χ1n) is 7.54. The summed E-state index contributed by atoms with van der Waals surface area (Å²) in [4.78, 5) is 12.3. The van der Waals surface area contributed by atoms with Crippen molar-refractivity contribution in [3.63, 3.8) is 0 Å². The van der Waals surface area contributed by atoms with E-state index in [4.69, 9.17) is 4.74 Å². The van der Waals surface area contributed by atoms with Gasteiger partial charge in [0.15, 0.2) is 0 Å². The summed E-state index contributed by atoms with van der Waals surface area (Å²) in [5, 5.41) is 10.0. The van der Waals surface area contributed by atoms with Crippen LogP contribution in [0.3, 0.4) is 0 Å². The zero-order valence-electron chi connectivity index (χ0n) is 14.3. The van der Waals surface area contributed by atoms with E-state index in [0.717, 1.165) is 16.9 Å². The van der Waals surface area contributed by atoms with E-state index in [0.29, 0.717) is 0 Å². The smallest absolute Gasteiger partial charge is 0.315 e. The van der Waals surface area contributed by atoms with E-state index in [1.165, 1.54) is 0 Å². The summed E-state index contributed by atoms with van der Waals surface area (Å²) in [7, 11) is 3.47. The molecule has 2 N–H and O–H groups in total. The molecule has 0 bridgehead atoms. The van der Waals surface area contributed by atoms with Crippen LogP contribution in [-0.2, 0) is 12.6 Å². The number of ether oxygens (including phenoxy) is 1. The minimum atomic E-state index is -0.564. The SMILES string of the molecule is COc1ccccc1C(C)(C)NC(=O)NC(C)c1cnn(C)c1. The predicted octanol–water partition coefficient (Wildman–Crippen LogP) is 2.72. The Hall–Kier alpha value is -2.50. The first kappa shape index (κ1) is 16.9. The summed E-state index contributed by atoms with van der Waals surface area (Å²) in [5.74, 6) is 0.748. The molecule has 2 aromatic rings. The molecule has 0 fully saturated rings. The largest absolute Gasteiger partial charge is 0.496 e. The Labute approximate surface area is 136 Å². The number of rotatable bonds is 5. The van der Waals surface area contributed by atoms with Gasteiger partial charge in [0.05, 0.1) is 24.9 Å². The molecule has 1 aromatic carbocycles. The van der Waals surface area contributed by atoms with E-state index in [1.54, 1.807) is 18.0 Å². The van der Waals surface area contributed by atoms with Crippen LogP contribution in [0.5, 0.6) is 5.75 Å². The highest BCUT2D eigenvalue weighted by Crippen LogP contribution is 2.29. The molecule has 2 amide bonds. The Morgan fingerprint density at radius 2 is 2.04 bits per heavy atom. The maximum atomic E-state index is 12.3. The number of nitrogens with one attached hydrogen (secondary N) is 2. The van der Waals surface area contributed by atoms with Crippen molar-refractivity contribution < 1.29 is 9.53 Å². The van der Waals surface area contributed by atoms with Crippen LogP contribution >= 0.6 is 0 Å². The van der Waals surface area contributed by atoms with Gasteiger partial charge in [0, 0.05) is 24.4 Å². The van der Waals surface area contributed by atoms with Crippen LogP contribution in [0.25, 0.3) is 0 Å². The maximum absolute atomic E-state index is 12.3. The normalized spacial score (nSPS) is 12.6. The molecule has 0 aliphatic carbocycles. The van der Waals surface area contributed by atoms with Gasteiger partial charge in [0.1, 0.15) is 5.75 Å². The number of nitrogens with zero attached hydrogens (tertiary/aromatic N) is 2. The Balaban J connectivity index is 2.06. The molecule has 124 valence electrons. The van der Waals surface area contributed by atoms with Gasteiger partial charge in [0.25, 0.3) is 0 Å². The van der Waals surface area contributed by atoms with Crippen molar-refractivity contribution in [3.8, 4) is 5.75 Å². The van der Waals surface area contributed by atoms with Crippen molar-refractivity contribution in [3.05, 3.63) is 47.8 Å². The second-order valence-corrected chi connectivity index (χ2v) is 6.09. The van der Waals surface area contributed by atoms with E-state index >= 15 is 0 Å². The lowest BCUT2D eigenvalue weighted by Crippen LogP contribution is -2.47. The molecule has 0 saturated carbocycles. The Morgan fingerprint density at radius 3 is 2.65 bits per heavy atom. The molecule has 6 nitrogen and oxygen atoms in total.